The van der Waals surface area contributed by atoms with Crippen molar-refractivity contribution in [1.29, 1.82) is 0 Å². The van der Waals surface area contributed by atoms with Gasteiger partial charge in [-0.1, -0.05) is 25.0 Å². The van der Waals surface area contributed by atoms with Gasteiger partial charge in [0.2, 0.25) is 0 Å². The van der Waals surface area contributed by atoms with Crippen molar-refractivity contribution in [1.82, 2.24) is 14.9 Å². The van der Waals surface area contributed by atoms with Gasteiger partial charge in [-0.3, -0.25) is 0 Å². The van der Waals surface area contributed by atoms with Crippen molar-refractivity contribution in [3.05, 3.63) is 29.8 Å². The van der Waals surface area contributed by atoms with Crippen LogP contribution in [0.2, 0.25) is 0 Å². The number of benzene rings is 1. The van der Waals surface area contributed by atoms with Gasteiger partial charge >= 0.3 is 0 Å². The lowest BCUT2D eigenvalue weighted by Crippen LogP contribution is -2.34. The summed E-state index contributed by atoms with van der Waals surface area (Å²) in [5.41, 5.74) is 1.28. The summed E-state index contributed by atoms with van der Waals surface area (Å²) in [6, 6.07) is 9.33. The zero-order valence-electron chi connectivity index (χ0n) is 15.1. The molecule has 2 aliphatic carbocycles. The average molecular weight is 362 g/mol. The second-order valence-corrected chi connectivity index (χ2v) is 9.33. The largest absolute Gasteiger partial charge is 0.310 e. The van der Waals surface area contributed by atoms with Crippen molar-refractivity contribution in [3.8, 4) is 0 Å². The molecule has 0 aromatic heterocycles. The monoisotopic (exact) mass is 361 g/mol. The number of nitrogens with zero attached hydrogens (tertiary/aromatic N) is 1. The van der Waals surface area contributed by atoms with Crippen LogP contribution in [0.4, 0.5) is 0 Å². The third-order valence-electron chi connectivity index (χ3n) is 5.85. The Bertz CT molecular complexity index is 581. The van der Waals surface area contributed by atoms with E-state index in [1.54, 1.807) is 0 Å². The molecule has 3 fully saturated rings. The Morgan fingerprint density at radius 2 is 1.76 bits per heavy atom. The normalized spacial score (nSPS) is 26.3. The fourth-order valence-corrected chi connectivity index (χ4v) is 5.12. The van der Waals surface area contributed by atoms with E-state index < -0.39 is 11.0 Å². The molecule has 4 rings (SSSR count). The Morgan fingerprint density at radius 1 is 1.00 bits per heavy atom. The van der Waals surface area contributed by atoms with Crippen molar-refractivity contribution in [2.75, 3.05) is 19.6 Å². The number of nitrogens with one attached hydrogen (secondary N) is 2. The quantitative estimate of drug-likeness (QED) is 0.748. The van der Waals surface area contributed by atoms with Crippen LogP contribution < -0.4 is 10.0 Å². The van der Waals surface area contributed by atoms with Gasteiger partial charge in [0.25, 0.3) is 0 Å². The minimum Gasteiger partial charge on any atom is -0.310 e. The average Bonchev–Trinajstić information content (AvgIpc) is 3.09. The van der Waals surface area contributed by atoms with E-state index in [1.807, 2.05) is 12.1 Å². The molecule has 138 valence electrons. The van der Waals surface area contributed by atoms with Crippen LogP contribution in [0.25, 0.3) is 0 Å². The Balaban J connectivity index is 1.22. The van der Waals surface area contributed by atoms with Gasteiger partial charge in [0, 0.05) is 31.7 Å². The topological polar surface area (TPSA) is 44.4 Å². The summed E-state index contributed by atoms with van der Waals surface area (Å²) in [6.07, 6.45) is 9.27. The van der Waals surface area contributed by atoms with E-state index in [2.05, 4.69) is 27.1 Å². The zero-order chi connectivity index (χ0) is 17.1. The van der Waals surface area contributed by atoms with Crippen LogP contribution in [0, 0.1) is 5.92 Å². The molecule has 0 amide bonds. The van der Waals surface area contributed by atoms with Crippen molar-refractivity contribution < 1.29 is 4.21 Å². The molecule has 2 unspecified atom stereocenters. The molecule has 1 aromatic carbocycles. The fourth-order valence-electron chi connectivity index (χ4n) is 4.10. The van der Waals surface area contributed by atoms with Gasteiger partial charge in [0.05, 0.1) is 4.90 Å². The molecule has 2 atom stereocenters. The molecule has 5 heteroatoms. The molecule has 2 N–H and O–H groups in total. The van der Waals surface area contributed by atoms with Crippen LogP contribution in [0.15, 0.2) is 29.2 Å². The molecule has 4 nitrogen and oxygen atoms in total. The standard InChI is InChI=1S/C20H31N3OS/c24-25(22-19-11-12-23(15-19)14-17-5-6-17)20-9-7-16(8-10-20)13-21-18-3-1-2-4-18/h7-10,17-19,21-22H,1-6,11-15H2. The smallest absolute Gasteiger partial charge is 0.125 e. The lowest BCUT2D eigenvalue weighted by molar-refractivity contribution is 0.318. The number of rotatable bonds is 8. The molecular weight excluding hydrogens is 330 g/mol. The Kier molecular flexibility index (Phi) is 5.86. The van der Waals surface area contributed by atoms with Crippen molar-refractivity contribution in [2.45, 2.75) is 68.5 Å². The van der Waals surface area contributed by atoms with E-state index in [-0.39, 0.29) is 0 Å². The van der Waals surface area contributed by atoms with Crippen LogP contribution in [-0.2, 0) is 17.5 Å². The predicted octanol–water partition coefficient (Wildman–Crippen LogP) is 2.82. The predicted molar refractivity (Wildman–Crippen MR) is 103 cm³/mol. The first-order valence-electron chi connectivity index (χ1n) is 9.99. The lowest BCUT2D eigenvalue weighted by atomic mass is 10.2. The molecule has 1 aliphatic heterocycles. The third kappa shape index (κ3) is 5.13. The van der Waals surface area contributed by atoms with E-state index in [9.17, 15) is 4.21 Å². The summed E-state index contributed by atoms with van der Waals surface area (Å²) >= 11 is 0. The minimum atomic E-state index is -1.10. The maximum absolute atomic E-state index is 12.6. The van der Waals surface area contributed by atoms with Gasteiger partial charge in [-0.15, -0.1) is 0 Å². The van der Waals surface area contributed by atoms with E-state index in [1.165, 1.54) is 50.6 Å². The Labute approximate surface area is 154 Å². The van der Waals surface area contributed by atoms with Crippen LogP contribution in [-0.4, -0.2) is 40.8 Å². The minimum absolute atomic E-state index is 0.364. The molecule has 25 heavy (non-hydrogen) atoms. The molecule has 2 saturated carbocycles. The molecule has 0 radical (unpaired) electrons. The SMILES string of the molecule is O=S(NC1CCN(CC2CC2)C1)c1ccc(CNC2CCCC2)cc1. The van der Waals surface area contributed by atoms with Crippen LogP contribution in [0.1, 0.15) is 50.5 Å². The summed E-state index contributed by atoms with van der Waals surface area (Å²) in [5.74, 6) is 0.939. The second kappa shape index (κ2) is 8.30. The number of hydrogen-bond acceptors (Lipinski definition) is 3. The van der Waals surface area contributed by atoms with Gasteiger partial charge in [-0.25, -0.2) is 8.93 Å². The van der Waals surface area contributed by atoms with Gasteiger partial charge in [-0.05, 0) is 62.3 Å². The maximum Gasteiger partial charge on any atom is 0.125 e. The van der Waals surface area contributed by atoms with E-state index >= 15 is 0 Å². The van der Waals surface area contributed by atoms with Gasteiger partial charge < -0.3 is 10.2 Å². The molecule has 0 spiro atoms. The first kappa shape index (κ1) is 17.7. The summed E-state index contributed by atoms with van der Waals surface area (Å²) in [4.78, 5) is 3.43. The van der Waals surface area contributed by atoms with Gasteiger partial charge in [0.1, 0.15) is 11.0 Å². The lowest BCUT2D eigenvalue weighted by Gasteiger charge is -2.16. The molecule has 1 saturated heterocycles. The zero-order valence-corrected chi connectivity index (χ0v) is 15.9. The van der Waals surface area contributed by atoms with E-state index in [0.29, 0.717) is 12.1 Å². The highest BCUT2D eigenvalue weighted by Gasteiger charge is 2.29. The summed E-state index contributed by atoms with van der Waals surface area (Å²) < 4.78 is 15.9. The summed E-state index contributed by atoms with van der Waals surface area (Å²) in [5, 5.41) is 3.63. The fraction of sp³-hybridized carbons (Fsp3) is 0.700. The Morgan fingerprint density at radius 3 is 2.48 bits per heavy atom. The first-order chi connectivity index (χ1) is 12.3. The van der Waals surface area contributed by atoms with Gasteiger partial charge in [0.15, 0.2) is 0 Å². The molecule has 0 bridgehead atoms. The Hall–Kier alpha value is -0.750. The molecular formula is C20H31N3OS. The van der Waals surface area contributed by atoms with Crippen molar-refractivity contribution in [3.63, 3.8) is 0 Å². The first-order valence-corrected chi connectivity index (χ1v) is 11.1. The second-order valence-electron chi connectivity index (χ2n) is 8.08. The van der Waals surface area contributed by atoms with Crippen molar-refractivity contribution in [2.24, 2.45) is 5.92 Å². The highest BCUT2D eigenvalue weighted by Crippen LogP contribution is 2.30. The highest BCUT2D eigenvalue weighted by atomic mass is 32.2. The summed E-state index contributed by atoms with van der Waals surface area (Å²) in [6.45, 7) is 4.36. The van der Waals surface area contributed by atoms with Crippen LogP contribution >= 0.6 is 0 Å². The third-order valence-corrected chi connectivity index (χ3v) is 7.09. The van der Waals surface area contributed by atoms with Gasteiger partial charge in [-0.2, -0.15) is 0 Å². The van der Waals surface area contributed by atoms with E-state index in [0.717, 1.165) is 36.9 Å². The number of likely N-dealkylation sites (tertiary alicyclic amines) is 1. The molecule has 3 aliphatic rings. The molecule has 1 heterocycles. The number of hydrogen-bond donors (Lipinski definition) is 2. The van der Waals surface area contributed by atoms with Crippen LogP contribution in [0.3, 0.4) is 0 Å². The van der Waals surface area contributed by atoms with Crippen molar-refractivity contribution >= 4 is 11.0 Å². The van der Waals surface area contributed by atoms with Crippen LogP contribution in [0.5, 0.6) is 0 Å². The molecule has 1 aromatic rings. The maximum atomic E-state index is 12.6. The summed E-state index contributed by atoms with van der Waals surface area (Å²) in [7, 11) is -1.10. The highest BCUT2D eigenvalue weighted by molar-refractivity contribution is 7.83. The van der Waals surface area contributed by atoms with E-state index in [4.69, 9.17) is 0 Å².